The summed E-state index contributed by atoms with van der Waals surface area (Å²) in [6, 6.07) is 7.70. The van der Waals surface area contributed by atoms with E-state index in [1.54, 1.807) is 0 Å². The van der Waals surface area contributed by atoms with Crippen LogP contribution in [0.4, 0.5) is 0 Å². The molecule has 1 N–H and O–H groups in total. The van der Waals surface area contributed by atoms with Gasteiger partial charge in [-0.3, -0.25) is 4.79 Å². The number of hydrogen-bond donors (Lipinski definition) is 1. The highest BCUT2D eigenvalue weighted by molar-refractivity contribution is 5.80. The highest BCUT2D eigenvalue weighted by atomic mass is 16.5. The van der Waals surface area contributed by atoms with E-state index >= 15 is 0 Å². The molecule has 0 saturated heterocycles. The van der Waals surface area contributed by atoms with Gasteiger partial charge < -0.3 is 10.1 Å². The number of nitrogens with one attached hydrogen (secondary N) is 1. The number of amides is 1. The van der Waals surface area contributed by atoms with Crippen LogP contribution in [0.5, 0.6) is 0 Å². The van der Waals surface area contributed by atoms with Crippen LogP contribution in [-0.2, 0) is 20.9 Å². The van der Waals surface area contributed by atoms with E-state index in [0.29, 0.717) is 5.82 Å². The van der Waals surface area contributed by atoms with Crippen LogP contribution in [0.1, 0.15) is 25.8 Å². The maximum atomic E-state index is 11.7. The van der Waals surface area contributed by atoms with Crippen molar-refractivity contribution < 1.29 is 14.3 Å². The van der Waals surface area contributed by atoms with E-state index in [2.05, 4.69) is 20.7 Å². The van der Waals surface area contributed by atoms with Crippen LogP contribution in [-0.4, -0.2) is 44.7 Å². The number of nitrogens with zero attached hydrogens (tertiary/aromatic N) is 4. The van der Waals surface area contributed by atoms with Crippen molar-refractivity contribution >= 4 is 11.9 Å². The zero-order valence-electron chi connectivity index (χ0n) is 14.0. The minimum absolute atomic E-state index is 0.0465. The number of carbonyl (C=O) groups is 2. The summed E-state index contributed by atoms with van der Waals surface area (Å²) in [5.41, 5.74) is 1.94. The number of ether oxygens (including phenoxy) is 1. The van der Waals surface area contributed by atoms with Gasteiger partial charge in [0.15, 0.2) is 13.2 Å². The molecule has 0 aliphatic heterocycles. The average Bonchev–Trinajstić information content (AvgIpc) is 3.02. The Bertz CT molecular complexity index is 696. The molecular formula is C16H21N5O3. The van der Waals surface area contributed by atoms with Crippen LogP contribution >= 0.6 is 0 Å². The van der Waals surface area contributed by atoms with E-state index < -0.39 is 5.97 Å². The zero-order chi connectivity index (χ0) is 17.5. The molecule has 0 aliphatic rings. The van der Waals surface area contributed by atoms with Crippen molar-refractivity contribution in [3.8, 4) is 11.4 Å². The third-order valence-electron chi connectivity index (χ3n) is 3.42. The van der Waals surface area contributed by atoms with Crippen LogP contribution in [0.15, 0.2) is 24.3 Å². The fourth-order valence-corrected chi connectivity index (χ4v) is 1.85. The second-order valence-corrected chi connectivity index (χ2v) is 5.55. The predicted molar refractivity (Wildman–Crippen MR) is 86.8 cm³/mol. The number of hydrogen-bond acceptors (Lipinski definition) is 6. The Kier molecular flexibility index (Phi) is 6.00. The molecule has 0 saturated carbocycles. The van der Waals surface area contributed by atoms with Gasteiger partial charge in [-0.05, 0) is 25.5 Å². The van der Waals surface area contributed by atoms with Crippen molar-refractivity contribution in [3.05, 3.63) is 29.8 Å². The summed E-state index contributed by atoms with van der Waals surface area (Å²) in [5.74, 6) is -0.496. The second kappa shape index (κ2) is 8.19. The first-order valence-electron chi connectivity index (χ1n) is 7.77. The number of carbonyl (C=O) groups excluding carboxylic acids is 2. The van der Waals surface area contributed by atoms with Gasteiger partial charge >= 0.3 is 5.97 Å². The highest BCUT2D eigenvalue weighted by Gasteiger charge is 2.12. The lowest BCUT2D eigenvalue weighted by Crippen LogP contribution is -2.35. The van der Waals surface area contributed by atoms with Gasteiger partial charge in [-0.15, -0.1) is 10.2 Å². The molecule has 1 amide bonds. The van der Waals surface area contributed by atoms with E-state index in [4.69, 9.17) is 4.74 Å². The highest BCUT2D eigenvalue weighted by Crippen LogP contribution is 2.13. The Morgan fingerprint density at radius 2 is 2.00 bits per heavy atom. The van der Waals surface area contributed by atoms with Crippen LogP contribution < -0.4 is 5.32 Å². The first-order valence-corrected chi connectivity index (χ1v) is 7.77. The van der Waals surface area contributed by atoms with Crippen LogP contribution in [0.2, 0.25) is 0 Å². The summed E-state index contributed by atoms with van der Waals surface area (Å²) in [6.07, 6.45) is 0.810. The molecule has 0 radical (unpaired) electrons. The summed E-state index contributed by atoms with van der Waals surface area (Å²) in [6.45, 7) is 5.31. The van der Waals surface area contributed by atoms with E-state index in [1.807, 2.05) is 45.0 Å². The molecule has 1 aromatic heterocycles. The SMILES string of the molecule is CCC(C)NC(=O)COC(=O)Cn1nnc(-c2ccc(C)cc2)n1. The third-order valence-corrected chi connectivity index (χ3v) is 3.42. The second-order valence-electron chi connectivity index (χ2n) is 5.55. The summed E-state index contributed by atoms with van der Waals surface area (Å²) < 4.78 is 4.90. The van der Waals surface area contributed by atoms with Crippen molar-refractivity contribution in [1.82, 2.24) is 25.5 Å². The largest absolute Gasteiger partial charge is 0.454 e. The maximum absolute atomic E-state index is 11.7. The fraction of sp³-hybridized carbons (Fsp3) is 0.438. The third kappa shape index (κ3) is 5.15. The summed E-state index contributed by atoms with van der Waals surface area (Å²) in [4.78, 5) is 24.4. The fourth-order valence-electron chi connectivity index (χ4n) is 1.85. The molecule has 2 aromatic rings. The van der Waals surface area contributed by atoms with Gasteiger partial charge in [0.05, 0.1) is 0 Å². The topological polar surface area (TPSA) is 99.0 Å². The van der Waals surface area contributed by atoms with Crippen molar-refractivity contribution in [1.29, 1.82) is 0 Å². The van der Waals surface area contributed by atoms with Gasteiger partial charge in [0.2, 0.25) is 5.82 Å². The van der Waals surface area contributed by atoms with E-state index in [1.165, 1.54) is 0 Å². The molecule has 1 aromatic carbocycles. The number of rotatable bonds is 7. The minimum atomic E-state index is -0.595. The summed E-state index contributed by atoms with van der Waals surface area (Å²) in [5, 5.41) is 14.6. The van der Waals surface area contributed by atoms with Crippen molar-refractivity contribution in [2.24, 2.45) is 0 Å². The van der Waals surface area contributed by atoms with Crippen LogP contribution in [0, 0.1) is 6.92 Å². The monoisotopic (exact) mass is 331 g/mol. The molecule has 0 bridgehead atoms. The van der Waals surface area contributed by atoms with Gasteiger partial charge in [0, 0.05) is 11.6 Å². The van der Waals surface area contributed by atoms with Gasteiger partial charge in [0.25, 0.3) is 5.91 Å². The number of benzene rings is 1. The van der Waals surface area contributed by atoms with Crippen LogP contribution in [0.3, 0.4) is 0 Å². The quantitative estimate of drug-likeness (QED) is 0.763. The standard InChI is InChI=1S/C16H21N5O3/c1-4-12(3)17-14(22)10-24-15(23)9-21-19-16(18-20-21)13-7-5-11(2)6-8-13/h5-8,12H,4,9-10H2,1-3H3,(H,17,22). The molecule has 0 spiro atoms. The molecule has 1 atom stereocenters. The number of esters is 1. The smallest absolute Gasteiger partial charge is 0.330 e. The Labute approximate surface area is 140 Å². The van der Waals surface area contributed by atoms with Crippen molar-refractivity contribution in [2.45, 2.75) is 39.8 Å². The molecule has 24 heavy (non-hydrogen) atoms. The van der Waals surface area contributed by atoms with E-state index in [0.717, 1.165) is 22.3 Å². The lowest BCUT2D eigenvalue weighted by atomic mass is 10.1. The number of aromatic nitrogens is 4. The van der Waals surface area contributed by atoms with E-state index in [-0.39, 0.29) is 25.1 Å². The summed E-state index contributed by atoms with van der Waals surface area (Å²) >= 11 is 0. The Morgan fingerprint density at radius 1 is 1.29 bits per heavy atom. The van der Waals surface area contributed by atoms with Crippen LogP contribution in [0.25, 0.3) is 11.4 Å². The Morgan fingerprint density at radius 3 is 2.67 bits per heavy atom. The lowest BCUT2D eigenvalue weighted by Gasteiger charge is -2.11. The molecule has 2 rings (SSSR count). The molecule has 0 fully saturated rings. The zero-order valence-corrected chi connectivity index (χ0v) is 14.0. The summed E-state index contributed by atoms with van der Waals surface area (Å²) in [7, 11) is 0. The van der Waals surface area contributed by atoms with E-state index in [9.17, 15) is 9.59 Å². The van der Waals surface area contributed by atoms with Crippen molar-refractivity contribution in [2.75, 3.05) is 6.61 Å². The van der Waals surface area contributed by atoms with Gasteiger partial charge in [-0.25, -0.2) is 4.79 Å². The normalized spacial score (nSPS) is 11.8. The molecule has 8 nitrogen and oxygen atoms in total. The number of tetrazole rings is 1. The first-order chi connectivity index (χ1) is 11.5. The lowest BCUT2D eigenvalue weighted by molar-refractivity contribution is -0.149. The molecule has 1 unspecified atom stereocenters. The Hall–Kier alpha value is -2.77. The van der Waals surface area contributed by atoms with Gasteiger partial charge in [0.1, 0.15) is 0 Å². The molecule has 0 aliphatic carbocycles. The molecule has 128 valence electrons. The number of aryl methyl sites for hydroxylation is 1. The predicted octanol–water partition coefficient (Wildman–Crippen LogP) is 1.11. The average molecular weight is 331 g/mol. The molecular weight excluding hydrogens is 310 g/mol. The Balaban J connectivity index is 1.84. The first kappa shape index (κ1) is 17.6. The maximum Gasteiger partial charge on any atom is 0.330 e. The van der Waals surface area contributed by atoms with Crippen molar-refractivity contribution in [3.63, 3.8) is 0 Å². The molecule has 8 heteroatoms. The van der Waals surface area contributed by atoms with Gasteiger partial charge in [-0.1, -0.05) is 36.8 Å². The van der Waals surface area contributed by atoms with Gasteiger partial charge in [-0.2, -0.15) is 4.80 Å². The minimum Gasteiger partial charge on any atom is -0.454 e. The molecule has 1 heterocycles.